The average Bonchev–Trinajstić information content (AvgIpc) is 2.84. The first-order chi connectivity index (χ1) is 9.15. The normalized spacial score (nSPS) is 30.3. The lowest BCUT2D eigenvalue weighted by Gasteiger charge is -2.30. The van der Waals surface area contributed by atoms with E-state index in [1.807, 2.05) is 0 Å². The Morgan fingerprint density at radius 2 is 2.32 bits per heavy atom. The SMILES string of the molecule is CC1(CNC2CCc3cc(Br)ccc3C2)CCCS1. The Hall–Kier alpha value is 0.01000. The summed E-state index contributed by atoms with van der Waals surface area (Å²) < 4.78 is 1.70. The lowest BCUT2D eigenvalue weighted by Crippen LogP contribution is -2.42. The molecule has 0 saturated carbocycles. The van der Waals surface area contributed by atoms with Gasteiger partial charge in [0.1, 0.15) is 0 Å². The van der Waals surface area contributed by atoms with Gasteiger partial charge in [-0.05, 0) is 68.0 Å². The summed E-state index contributed by atoms with van der Waals surface area (Å²) in [5.41, 5.74) is 3.07. The molecular formula is C16H22BrNS. The molecule has 1 aromatic carbocycles. The van der Waals surface area contributed by atoms with Gasteiger partial charge in [-0.1, -0.05) is 22.0 Å². The molecule has 0 amide bonds. The van der Waals surface area contributed by atoms with Crippen molar-refractivity contribution in [2.45, 2.75) is 49.8 Å². The molecule has 2 unspecified atom stereocenters. The van der Waals surface area contributed by atoms with Crippen LogP contribution in [-0.4, -0.2) is 23.1 Å². The molecule has 1 aromatic rings. The summed E-state index contributed by atoms with van der Waals surface area (Å²) in [6, 6.07) is 7.43. The van der Waals surface area contributed by atoms with Crippen LogP contribution in [0.25, 0.3) is 0 Å². The number of hydrogen-bond donors (Lipinski definition) is 1. The van der Waals surface area contributed by atoms with Gasteiger partial charge in [0.05, 0.1) is 0 Å². The number of benzene rings is 1. The molecule has 0 spiro atoms. The monoisotopic (exact) mass is 339 g/mol. The second kappa shape index (κ2) is 5.79. The number of rotatable bonds is 3. The molecular weight excluding hydrogens is 318 g/mol. The number of thioether (sulfide) groups is 1. The van der Waals surface area contributed by atoms with Crippen LogP contribution in [0.3, 0.4) is 0 Å². The molecule has 0 aromatic heterocycles. The minimum absolute atomic E-state index is 0.486. The largest absolute Gasteiger partial charge is 0.312 e. The van der Waals surface area contributed by atoms with Crippen molar-refractivity contribution in [2.75, 3.05) is 12.3 Å². The number of hydrogen-bond acceptors (Lipinski definition) is 2. The second-order valence-corrected chi connectivity index (χ2v) is 8.73. The van der Waals surface area contributed by atoms with Crippen LogP contribution in [0.4, 0.5) is 0 Å². The number of aryl methyl sites for hydroxylation is 1. The third-order valence-electron chi connectivity index (χ3n) is 4.46. The van der Waals surface area contributed by atoms with Crippen molar-refractivity contribution in [3.05, 3.63) is 33.8 Å². The summed E-state index contributed by atoms with van der Waals surface area (Å²) in [6.07, 6.45) is 6.47. The van der Waals surface area contributed by atoms with Gasteiger partial charge in [-0.3, -0.25) is 0 Å². The molecule has 104 valence electrons. The van der Waals surface area contributed by atoms with Crippen molar-refractivity contribution in [2.24, 2.45) is 0 Å². The highest BCUT2D eigenvalue weighted by atomic mass is 79.9. The fourth-order valence-electron chi connectivity index (χ4n) is 3.23. The molecule has 1 fully saturated rings. The topological polar surface area (TPSA) is 12.0 Å². The lowest BCUT2D eigenvalue weighted by molar-refractivity contribution is 0.425. The van der Waals surface area contributed by atoms with Gasteiger partial charge in [0.25, 0.3) is 0 Å². The van der Waals surface area contributed by atoms with Crippen LogP contribution in [0.1, 0.15) is 37.3 Å². The number of fused-ring (bicyclic) bond motifs is 1. The fourth-order valence-corrected chi connectivity index (χ4v) is 4.90. The third kappa shape index (κ3) is 3.37. The second-order valence-electron chi connectivity index (χ2n) is 6.14. The van der Waals surface area contributed by atoms with Crippen LogP contribution < -0.4 is 5.32 Å². The van der Waals surface area contributed by atoms with Crippen LogP contribution in [0, 0.1) is 0 Å². The molecule has 1 nitrogen and oxygen atoms in total. The van der Waals surface area contributed by atoms with E-state index in [9.17, 15) is 0 Å². The molecule has 2 atom stereocenters. The van der Waals surface area contributed by atoms with Crippen molar-refractivity contribution in [1.29, 1.82) is 0 Å². The highest BCUT2D eigenvalue weighted by Gasteiger charge is 2.30. The summed E-state index contributed by atoms with van der Waals surface area (Å²) in [5, 5.41) is 3.83. The predicted octanol–water partition coefficient (Wildman–Crippen LogP) is 4.18. The van der Waals surface area contributed by atoms with Crippen LogP contribution in [-0.2, 0) is 12.8 Å². The molecule has 1 aliphatic carbocycles. The van der Waals surface area contributed by atoms with Crippen molar-refractivity contribution in [3.8, 4) is 0 Å². The van der Waals surface area contributed by atoms with E-state index in [4.69, 9.17) is 0 Å². The summed E-state index contributed by atoms with van der Waals surface area (Å²) in [7, 11) is 0. The van der Waals surface area contributed by atoms with Crippen LogP contribution in [0.15, 0.2) is 22.7 Å². The van der Waals surface area contributed by atoms with Gasteiger partial charge in [-0.25, -0.2) is 0 Å². The van der Waals surface area contributed by atoms with Gasteiger partial charge in [-0.2, -0.15) is 11.8 Å². The lowest BCUT2D eigenvalue weighted by atomic mass is 9.88. The first-order valence-electron chi connectivity index (χ1n) is 7.29. The molecule has 0 bridgehead atoms. The molecule has 0 radical (unpaired) electrons. The number of nitrogens with one attached hydrogen (secondary N) is 1. The fraction of sp³-hybridized carbons (Fsp3) is 0.625. The van der Waals surface area contributed by atoms with E-state index >= 15 is 0 Å². The smallest absolute Gasteiger partial charge is 0.0256 e. The van der Waals surface area contributed by atoms with Gasteiger partial charge >= 0.3 is 0 Å². The quantitative estimate of drug-likeness (QED) is 0.886. The predicted molar refractivity (Wildman–Crippen MR) is 88.1 cm³/mol. The van der Waals surface area contributed by atoms with Crippen molar-refractivity contribution >= 4 is 27.7 Å². The zero-order valence-electron chi connectivity index (χ0n) is 11.5. The Labute approximate surface area is 129 Å². The maximum Gasteiger partial charge on any atom is 0.0256 e. The Morgan fingerprint density at radius 1 is 1.42 bits per heavy atom. The third-order valence-corrected chi connectivity index (χ3v) is 6.49. The summed E-state index contributed by atoms with van der Waals surface area (Å²) in [6.45, 7) is 3.60. The van der Waals surface area contributed by atoms with Gasteiger partial charge in [0.2, 0.25) is 0 Å². The zero-order chi connectivity index (χ0) is 13.3. The van der Waals surface area contributed by atoms with E-state index in [-0.39, 0.29) is 0 Å². The van der Waals surface area contributed by atoms with E-state index in [2.05, 4.69) is 58.1 Å². The van der Waals surface area contributed by atoms with Crippen LogP contribution in [0.5, 0.6) is 0 Å². The van der Waals surface area contributed by atoms with Gasteiger partial charge in [-0.15, -0.1) is 0 Å². The van der Waals surface area contributed by atoms with Gasteiger partial charge in [0.15, 0.2) is 0 Å². The maximum absolute atomic E-state index is 3.83. The minimum Gasteiger partial charge on any atom is -0.312 e. The Bertz CT molecular complexity index is 454. The Morgan fingerprint density at radius 3 is 3.11 bits per heavy atom. The Kier molecular flexibility index (Phi) is 4.25. The van der Waals surface area contributed by atoms with Crippen LogP contribution in [0.2, 0.25) is 0 Å². The Balaban J connectivity index is 1.58. The van der Waals surface area contributed by atoms with Gasteiger partial charge in [0, 0.05) is 21.8 Å². The molecule has 3 rings (SSSR count). The van der Waals surface area contributed by atoms with E-state index in [1.54, 1.807) is 0 Å². The standard InChI is InChI=1S/C16H22BrNS/c1-16(7-2-8-19-16)11-18-15-6-4-12-9-14(17)5-3-13(12)10-15/h3,5,9,15,18H,2,4,6-8,10-11H2,1H3. The van der Waals surface area contributed by atoms with Crippen LogP contribution >= 0.6 is 27.7 Å². The molecule has 1 N–H and O–H groups in total. The molecule has 1 saturated heterocycles. The molecule has 1 aliphatic heterocycles. The minimum atomic E-state index is 0.486. The average molecular weight is 340 g/mol. The van der Waals surface area contributed by atoms with E-state index < -0.39 is 0 Å². The van der Waals surface area contributed by atoms with Crippen molar-refractivity contribution in [1.82, 2.24) is 5.32 Å². The van der Waals surface area contributed by atoms with E-state index in [0.29, 0.717) is 10.8 Å². The van der Waals surface area contributed by atoms with Crippen molar-refractivity contribution < 1.29 is 0 Å². The maximum atomic E-state index is 3.83. The van der Waals surface area contributed by atoms with E-state index in [1.165, 1.54) is 60.0 Å². The van der Waals surface area contributed by atoms with E-state index in [0.717, 1.165) is 0 Å². The van der Waals surface area contributed by atoms with Crippen molar-refractivity contribution in [3.63, 3.8) is 0 Å². The summed E-state index contributed by atoms with van der Waals surface area (Å²) >= 11 is 5.72. The molecule has 2 aliphatic rings. The summed E-state index contributed by atoms with van der Waals surface area (Å²) in [5.74, 6) is 1.35. The number of halogens is 1. The highest BCUT2D eigenvalue weighted by molar-refractivity contribution is 9.10. The highest BCUT2D eigenvalue weighted by Crippen LogP contribution is 2.37. The first-order valence-corrected chi connectivity index (χ1v) is 9.07. The summed E-state index contributed by atoms with van der Waals surface area (Å²) in [4.78, 5) is 0. The first kappa shape index (κ1) is 14.0. The molecule has 1 heterocycles. The van der Waals surface area contributed by atoms with Gasteiger partial charge < -0.3 is 5.32 Å². The molecule has 3 heteroatoms. The molecule has 19 heavy (non-hydrogen) atoms. The zero-order valence-corrected chi connectivity index (χ0v) is 13.9.